The van der Waals surface area contributed by atoms with Crippen LogP contribution in [-0.2, 0) is 4.74 Å². The number of aliphatic imine (C=N–C) groups is 1. The van der Waals surface area contributed by atoms with Gasteiger partial charge in [0.1, 0.15) is 4.88 Å². The second kappa shape index (κ2) is 7.60. The third kappa shape index (κ3) is 3.78. The second-order valence-corrected chi connectivity index (χ2v) is 5.94. The predicted octanol–water partition coefficient (Wildman–Crippen LogP) is 3.78. The van der Waals surface area contributed by atoms with Crippen LogP contribution in [0, 0.1) is 0 Å². The van der Waals surface area contributed by atoms with E-state index in [1.807, 2.05) is 18.2 Å². The molecule has 0 saturated heterocycles. The molecule has 0 aliphatic heterocycles. The van der Waals surface area contributed by atoms with Crippen LogP contribution in [0.4, 0.5) is 5.69 Å². The van der Waals surface area contributed by atoms with Crippen LogP contribution < -0.4 is 11.1 Å². The van der Waals surface area contributed by atoms with Crippen molar-refractivity contribution in [3.05, 3.63) is 51.6 Å². The molecule has 0 atom stereocenters. The lowest BCUT2D eigenvalue weighted by Gasteiger charge is -2.13. The number of carbonyl (C=O) groups excluding carboxylic acids is 1. The number of rotatable bonds is 5. The molecular weight excluding hydrogens is 310 g/mol. The van der Waals surface area contributed by atoms with Crippen LogP contribution in [0.5, 0.6) is 0 Å². The zero-order valence-corrected chi connectivity index (χ0v) is 13.9. The Morgan fingerprint density at radius 1 is 1.57 bits per heavy atom. The van der Waals surface area contributed by atoms with Crippen molar-refractivity contribution in [3.8, 4) is 0 Å². The van der Waals surface area contributed by atoms with Crippen LogP contribution in [-0.4, -0.2) is 19.8 Å². The fourth-order valence-electron chi connectivity index (χ4n) is 2.21. The van der Waals surface area contributed by atoms with Crippen molar-refractivity contribution < 1.29 is 9.53 Å². The lowest BCUT2D eigenvalue weighted by Crippen LogP contribution is -2.05. The summed E-state index contributed by atoms with van der Waals surface area (Å²) < 4.78 is 4.89. The van der Waals surface area contributed by atoms with Crippen LogP contribution in [0.1, 0.15) is 33.5 Å². The van der Waals surface area contributed by atoms with E-state index < -0.39 is 0 Å². The number of anilines is 1. The summed E-state index contributed by atoms with van der Waals surface area (Å²) in [7, 11) is 1.37. The zero-order chi connectivity index (χ0) is 16.8. The highest BCUT2D eigenvalue weighted by Gasteiger charge is 2.25. The molecule has 6 heteroatoms. The minimum Gasteiger partial charge on any atom is -0.465 e. The van der Waals surface area contributed by atoms with E-state index >= 15 is 0 Å². The van der Waals surface area contributed by atoms with Gasteiger partial charge in [0.2, 0.25) is 0 Å². The van der Waals surface area contributed by atoms with Gasteiger partial charge in [-0.3, -0.25) is 4.99 Å². The number of thiophene rings is 1. The number of methoxy groups -OCH3 is 1. The highest BCUT2D eigenvalue weighted by atomic mass is 32.1. The molecule has 2 rings (SSSR count). The molecular formula is C17H19N3O2S. The SMILES string of the molecule is C=N/C=C\C=C1/CC=Cc2sc(C(=O)OC)c(N/C=C(/C)N)c21. The first-order valence-electron chi connectivity index (χ1n) is 7.00. The third-order valence-electron chi connectivity index (χ3n) is 3.17. The second-order valence-electron chi connectivity index (χ2n) is 4.89. The lowest BCUT2D eigenvalue weighted by molar-refractivity contribution is 0.0607. The first kappa shape index (κ1) is 16.8. The minimum absolute atomic E-state index is 0.369. The Hall–Kier alpha value is -2.60. The molecule has 0 unspecified atom stereocenters. The topological polar surface area (TPSA) is 76.7 Å². The van der Waals surface area contributed by atoms with E-state index in [9.17, 15) is 4.79 Å². The van der Waals surface area contributed by atoms with Gasteiger partial charge >= 0.3 is 5.97 Å². The molecule has 0 aromatic carbocycles. The summed E-state index contributed by atoms with van der Waals surface area (Å²) in [6.07, 6.45) is 11.9. The normalized spacial score (nSPS) is 15.7. The van der Waals surface area contributed by atoms with E-state index in [1.165, 1.54) is 18.4 Å². The van der Waals surface area contributed by atoms with Gasteiger partial charge in [0, 0.05) is 28.5 Å². The van der Waals surface area contributed by atoms with E-state index in [0.29, 0.717) is 10.6 Å². The van der Waals surface area contributed by atoms with Gasteiger partial charge in [-0.05, 0) is 37.8 Å². The molecule has 1 aliphatic rings. The van der Waals surface area contributed by atoms with Crippen molar-refractivity contribution in [2.24, 2.45) is 10.7 Å². The maximum Gasteiger partial charge on any atom is 0.350 e. The summed E-state index contributed by atoms with van der Waals surface area (Å²) >= 11 is 1.39. The third-order valence-corrected chi connectivity index (χ3v) is 4.30. The molecule has 0 radical (unpaired) electrons. The number of carbonyl (C=O) groups is 1. The number of nitrogens with one attached hydrogen (secondary N) is 1. The summed E-state index contributed by atoms with van der Waals surface area (Å²) in [5.41, 5.74) is 9.11. The highest BCUT2D eigenvalue weighted by Crippen LogP contribution is 2.43. The van der Waals surface area contributed by atoms with Gasteiger partial charge in [-0.2, -0.15) is 0 Å². The van der Waals surface area contributed by atoms with Gasteiger partial charge in [-0.15, -0.1) is 11.3 Å². The number of esters is 1. The fraction of sp³-hybridized carbons (Fsp3) is 0.176. The molecule has 0 saturated carbocycles. The zero-order valence-electron chi connectivity index (χ0n) is 13.1. The van der Waals surface area contributed by atoms with E-state index in [2.05, 4.69) is 23.1 Å². The Balaban J connectivity index is 2.58. The number of allylic oxidation sites excluding steroid dienone is 5. The van der Waals surface area contributed by atoms with Crippen LogP contribution in [0.2, 0.25) is 0 Å². The molecule has 5 nitrogen and oxygen atoms in total. The van der Waals surface area contributed by atoms with E-state index in [-0.39, 0.29) is 5.97 Å². The van der Waals surface area contributed by atoms with Gasteiger partial charge in [-0.1, -0.05) is 12.2 Å². The Morgan fingerprint density at radius 2 is 2.35 bits per heavy atom. The Bertz CT molecular complexity index is 735. The number of fused-ring (bicyclic) bond motifs is 1. The summed E-state index contributed by atoms with van der Waals surface area (Å²) in [4.78, 5) is 17.3. The van der Waals surface area contributed by atoms with Crippen molar-refractivity contribution >= 4 is 41.4 Å². The Labute approximate surface area is 139 Å². The number of ether oxygens (including phenoxy) is 1. The standard InChI is InChI=1S/C17H19N3O2S/c1-11(18)10-20-15-14-12(7-5-9-19-2)6-4-8-13(14)23-16(15)17(21)22-3/h4-5,7-10,20H,2,6,18H2,1,3H3/b9-5-,11-10-,12-7+. The first-order valence-corrected chi connectivity index (χ1v) is 7.82. The molecule has 0 amide bonds. The maximum atomic E-state index is 12.1. The van der Waals surface area contributed by atoms with Gasteiger partial charge in [0.15, 0.2) is 0 Å². The number of hydrogen-bond donors (Lipinski definition) is 2. The lowest BCUT2D eigenvalue weighted by atomic mass is 9.96. The average Bonchev–Trinajstić information content (AvgIpc) is 2.92. The van der Waals surface area contributed by atoms with Crippen molar-refractivity contribution in [2.45, 2.75) is 13.3 Å². The monoisotopic (exact) mass is 329 g/mol. The quantitative estimate of drug-likeness (QED) is 0.636. The van der Waals surface area contributed by atoms with Crippen molar-refractivity contribution in [3.63, 3.8) is 0 Å². The summed E-state index contributed by atoms with van der Waals surface area (Å²) in [6.45, 7) is 5.20. The molecule has 1 heterocycles. The Kier molecular flexibility index (Phi) is 5.54. The van der Waals surface area contributed by atoms with Gasteiger partial charge in [0.05, 0.1) is 12.8 Å². The maximum absolute atomic E-state index is 12.1. The van der Waals surface area contributed by atoms with Gasteiger partial charge in [0.25, 0.3) is 0 Å². The predicted molar refractivity (Wildman–Crippen MR) is 97.5 cm³/mol. The molecule has 3 N–H and O–H groups in total. The van der Waals surface area contributed by atoms with Crippen LogP contribution in [0.25, 0.3) is 11.6 Å². The molecule has 0 fully saturated rings. The van der Waals surface area contributed by atoms with Gasteiger partial charge in [-0.25, -0.2) is 4.79 Å². The summed E-state index contributed by atoms with van der Waals surface area (Å²) in [5, 5.41) is 3.14. The molecule has 0 bridgehead atoms. The molecule has 1 aliphatic carbocycles. The van der Waals surface area contributed by atoms with Crippen molar-refractivity contribution in [2.75, 3.05) is 12.4 Å². The van der Waals surface area contributed by atoms with Crippen LogP contribution in [0.15, 0.2) is 41.3 Å². The Morgan fingerprint density at radius 3 is 3.00 bits per heavy atom. The fourth-order valence-corrected chi connectivity index (χ4v) is 3.36. The number of nitrogens with two attached hydrogens (primary N) is 1. The van der Waals surface area contributed by atoms with Crippen molar-refractivity contribution in [1.29, 1.82) is 0 Å². The molecule has 23 heavy (non-hydrogen) atoms. The van der Waals surface area contributed by atoms with E-state index in [0.717, 1.165) is 28.1 Å². The van der Waals surface area contributed by atoms with Crippen molar-refractivity contribution in [1.82, 2.24) is 0 Å². The van der Waals surface area contributed by atoms with E-state index in [4.69, 9.17) is 10.5 Å². The minimum atomic E-state index is -0.369. The molecule has 120 valence electrons. The highest BCUT2D eigenvalue weighted by molar-refractivity contribution is 7.15. The summed E-state index contributed by atoms with van der Waals surface area (Å²) in [5.74, 6) is -0.369. The molecule has 1 aromatic rings. The smallest absolute Gasteiger partial charge is 0.350 e. The number of nitrogens with zero attached hydrogens (tertiary/aromatic N) is 1. The van der Waals surface area contributed by atoms with Gasteiger partial charge < -0.3 is 15.8 Å². The average molecular weight is 329 g/mol. The first-order chi connectivity index (χ1) is 11.1. The van der Waals surface area contributed by atoms with Crippen LogP contribution in [0.3, 0.4) is 0 Å². The summed E-state index contributed by atoms with van der Waals surface area (Å²) in [6, 6.07) is 0. The van der Waals surface area contributed by atoms with Crippen LogP contribution >= 0.6 is 11.3 Å². The number of hydrogen-bond acceptors (Lipinski definition) is 6. The molecule has 0 spiro atoms. The van der Waals surface area contributed by atoms with E-state index in [1.54, 1.807) is 19.3 Å². The largest absolute Gasteiger partial charge is 0.465 e. The molecule has 1 aromatic heterocycles.